The fourth-order valence-electron chi connectivity index (χ4n) is 8.06. The van der Waals surface area contributed by atoms with Gasteiger partial charge in [-0.3, -0.25) is 0 Å². The van der Waals surface area contributed by atoms with Gasteiger partial charge >= 0.3 is 0 Å². The van der Waals surface area contributed by atoms with Gasteiger partial charge in [0, 0.05) is 52.8 Å². The lowest BCUT2D eigenvalue weighted by atomic mass is 10.0. The predicted octanol–water partition coefficient (Wildman–Crippen LogP) is 13.7. The van der Waals surface area contributed by atoms with Crippen LogP contribution in [0.3, 0.4) is 0 Å². The first-order valence-corrected chi connectivity index (χ1v) is 17.8. The largest absolute Gasteiger partial charge is 0.453 e. The third kappa shape index (κ3) is 3.85. The first-order valence-electron chi connectivity index (χ1n) is 16.9. The van der Waals surface area contributed by atoms with E-state index >= 15 is 0 Å². The average molecular weight is 657 g/mol. The molecule has 0 aliphatic heterocycles. The molecule has 8 aromatic carbocycles. The number of hydrogen-bond donors (Lipinski definition) is 0. The van der Waals surface area contributed by atoms with Crippen LogP contribution in [0.2, 0.25) is 0 Å². The van der Waals surface area contributed by atoms with Crippen LogP contribution in [0.25, 0.3) is 80.4 Å². The van der Waals surface area contributed by atoms with Gasteiger partial charge < -0.3 is 13.9 Å². The van der Waals surface area contributed by atoms with Crippen LogP contribution in [0.1, 0.15) is 0 Å². The van der Waals surface area contributed by atoms with E-state index in [1.165, 1.54) is 41.8 Å². The molecule has 0 fully saturated rings. The highest BCUT2D eigenvalue weighted by Gasteiger charge is 2.26. The van der Waals surface area contributed by atoms with Crippen molar-refractivity contribution >= 4 is 103 Å². The maximum atomic E-state index is 7.03. The summed E-state index contributed by atoms with van der Waals surface area (Å²) in [5.41, 5.74) is 8.51. The molecule has 3 aromatic heterocycles. The van der Waals surface area contributed by atoms with Crippen molar-refractivity contribution in [1.29, 1.82) is 0 Å². The van der Waals surface area contributed by atoms with Gasteiger partial charge in [-0.05, 0) is 66.0 Å². The Morgan fingerprint density at radius 3 is 1.92 bits per heavy atom. The van der Waals surface area contributed by atoms with Gasteiger partial charge in [0.05, 0.1) is 28.1 Å². The number of fused-ring (bicyclic) bond motifs is 11. The lowest BCUT2D eigenvalue weighted by Gasteiger charge is -2.27. The number of furan rings is 1. The SMILES string of the molecule is c1ccc(-n2c3ccccc3c3c(N(c4cccc5c4oc4c6ccccc6ccc54)c4cccc5sc6ccccc6c45)cccc32)cc1. The Kier molecular flexibility index (Phi) is 5.83. The summed E-state index contributed by atoms with van der Waals surface area (Å²) in [6.45, 7) is 0. The maximum absolute atomic E-state index is 7.03. The van der Waals surface area contributed by atoms with E-state index in [1.807, 2.05) is 11.3 Å². The second-order valence-corrected chi connectivity index (χ2v) is 13.9. The standard InChI is InChI=1S/C46H28N2OS/c1-2-14-30(15-3-1)47-36-20-8-6-17-34(36)43-37(47)21-11-22-38(43)48(39-23-12-26-42-44(39)35-18-7-9-25-41(35)50-42)40-24-10-19-32-33-28-27-29-13-4-5-16-31(29)45(33)49-46(32)40/h1-28H. The summed E-state index contributed by atoms with van der Waals surface area (Å²) in [5, 5.41) is 9.43. The maximum Gasteiger partial charge on any atom is 0.159 e. The molecule has 3 heterocycles. The number of thiophene rings is 1. The number of aromatic nitrogens is 1. The monoisotopic (exact) mass is 656 g/mol. The van der Waals surface area contributed by atoms with Crippen molar-refractivity contribution in [2.24, 2.45) is 0 Å². The molecule has 0 aliphatic carbocycles. The molecule has 4 heteroatoms. The number of benzene rings is 8. The molecule has 234 valence electrons. The predicted molar refractivity (Wildman–Crippen MR) is 213 cm³/mol. The number of nitrogens with zero attached hydrogens (tertiary/aromatic N) is 2. The van der Waals surface area contributed by atoms with Gasteiger partial charge in [0.15, 0.2) is 5.58 Å². The fraction of sp³-hybridized carbons (Fsp3) is 0. The van der Waals surface area contributed by atoms with E-state index in [0.29, 0.717) is 0 Å². The molecule has 0 N–H and O–H groups in total. The Morgan fingerprint density at radius 1 is 0.400 bits per heavy atom. The quantitative estimate of drug-likeness (QED) is 0.188. The number of rotatable bonds is 4. The third-order valence-electron chi connectivity index (χ3n) is 10.2. The van der Waals surface area contributed by atoms with E-state index in [-0.39, 0.29) is 0 Å². The van der Waals surface area contributed by atoms with Gasteiger partial charge in [0.1, 0.15) is 5.58 Å². The first-order chi connectivity index (χ1) is 24.8. The molecule has 0 saturated heterocycles. The lowest BCUT2D eigenvalue weighted by Crippen LogP contribution is -2.11. The van der Waals surface area contributed by atoms with Gasteiger partial charge in [-0.15, -0.1) is 11.3 Å². The molecule has 0 aliphatic rings. The van der Waals surface area contributed by atoms with Crippen molar-refractivity contribution in [1.82, 2.24) is 4.57 Å². The summed E-state index contributed by atoms with van der Waals surface area (Å²) < 4.78 is 12.0. The highest BCUT2D eigenvalue weighted by Crippen LogP contribution is 2.50. The van der Waals surface area contributed by atoms with Crippen LogP contribution in [0.4, 0.5) is 17.1 Å². The Balaban J connectivity index is 1.31. The summed E-state index contributed by atoms with van der Waals surface area (Å²) >= 11 is 1.85. The zero-order valence-corrected chi connectivity index (χ0v) is 27.7. The highest BCUT2D eigenvalue weighted by molar-refractivity contribution is 7.26. The molecule has 0 saturated carbocycles. The van der Waals surface area contributed by atoms with E-state index in [0.717, 1.165) is 55.6 Å². The van der Waals surface area contributed by atoms with Gasteiger partial charge in [0.25, 0.3) is 0 Å². The topological polar surface area (TPSA) is 21.3 Å². The van der Waals surface area contributed by atoms with E-state index in [1.54, 1.807) is 0 Å². The summed E-state index contributed by atoms with van der Waals surface area (Å²) in [6.07, 6.45) is 0. The van der Waals surface area contributed by atoms with Gasteiger partial charge in [-0.25, -0.2) is 0 Å². The number of anilines is 3. The summed E-state index contributed by atoms with van der Waals surface area (Å²) in [7, 11) is 0. The van der Waals surface area contributed by atoms with Gasteiger partial charge in [-0.2, -0.15) is 0 Å². The third-order valence-corrected chi connectivity index (χ3v) is 11.3. The molecule has 0 spiro atoms. The van der Waals surface area contributed by atoms with Crippen molar-refractivity contribution in [3.05, 3.63) is 170 Å². The lowest BCUT2D eigenvalue weighted by molar-refractivity contribution is 0.673. The smallest absolute Gasteiger partial charge is 0.159 e. The van der Waals surface area contributed by atoms with Gasteiger partial charge in [-0.1, -0.05) is 109 Å². The van der Waals surface area contributed by atoms with E-state index in [9.17, 15) is 0 Å². The van der Waals surface area contributed by atoms with Crippen LogP contribution in [0.15, 0.2) is 174 Å². The minimum atomic E-state index is 0.874. The molecule has 11 rings (SSSR count). The van der Waals surface area contributed by atoms with Crippen molar-refractivity contribution in [3.63, 3.8) is 0 Å². The molecule has 0 radical (unpaired) electrons. The zero-order valence-electron chi connectivity index (χ0n) is 26.9. The van der Waals surface area contributed by atoms with E-state index < -0.39 is 0 Å². The second kappa shape index (κ2) is 10.6. The van der Waals surface area contributed by atoms with Crippen LogP contribution < -0.4 is 4.90 Å². The molecule has 0 atom stereocenters. The minimum Gasteiger partial charge on any atom is -0.453 e. The molecule has 50 heavy (non-hydrogen) atoms. The van der Waals surface area contributed by atoms with Crippen molar-refractivity contribution in [2.75, 3.05) is 4.90 Å². The first kappa shape index (κ1) is 27.6. The average Bonchev–Trinajstić information content (AvgIpc) is 3.86. The molecule has 11 aromatic rings. The van der Waals surface area contributed by atoms with Crippen molar-refractivity contribution in [2.45, 2.75) is 0 Å². The number of para-hydroxylation sites is 3. The number of hydrogen-bond acceptors (Lipinski definition) is 3. The van der Waals surface area contributed by atoms with Crippen molar-refractivity contribution < 1.29 is 4.42 Å². The van der Waals surface area contributed by atoms with Crippen molar-refractivity contribution in [3.8, 4) is 5.69 Å². The molecule has 0 bridgehead atoms. The van der Waals surface area contributed by atoms with Crippen LogP contribution in [-0.2, 0) is 0 Å². The van der Waals surface area contributed by atoms with E-state index in [4.69, 9.17) is 4.42 Å². The highest BCUT2D eigenvalue weighted by atomic mass is 32.1. The Hall–Kier alpha value is -6.36. The second-order valence-electron chi connectivity index (χ2n) is 12.9. The Morgan fingerprint density at radius 2 is 1.02 bits per heavy atom. The Labute approximate surface area is 291 Å². The normalized spacial score (nSPS) is 12.0. The molecular formula is C46H28N2OS. The summed E-state index contributed by atoms with van der Waals surface area (Å²) in [6, 6.07) is 61.1. The van der Waals surface area contributed by atoms with E-state index in [2.05, 4.69) is 179 Å². The van der Waals surface area contributed by atoms with Crippen LogP contribution in [-0.4, -0.2) is 4.57 Å². The van der Waals surface area contributed by atoms with Gasteiger partial charge in [0.2, 0.25) is 0 Å². The fourth-order valence-corrected chi connectivity index (χ4v) is 9.19. The van der Waals surface area contributed by atoms with Crippen LogP contribution >= 0.6 is 11.3 Å². The summed E-state index contributed by atoms with van der Waals surface area (Å²) in [4.78, 5) is 2.46. The minimum absolute atomic E-state index is 0.874. The zero-order chi connectivity index (χ0) is 32.8. The van der Waals surface area contributed by atoms with Crippen LogP contribution in [0.5, 0.6) is 0 Å². The summed E-state index contributed by atoms with van der Waals surface area (Å²) in [5.74, 6) is 0. The molecule has 3 nitrogen and oxygen atoms in total. The molecule has 0 unspecified atom stereocenters. The molecule has 0 amide bonds. The molecular weight excluding hydrogens is 629 g/mol. The van der Waals surface area contributed by atoms with Crippen LogP contribution in [0, 0.1) is 0 Å². The Bertz CT molecular complexity index is 3110.